The van der Waals surface area contributed by atoms with E-state index in [-0.39, 0.29) is 11.6 Å². The maximum absolute atomic E-state index is 13.0. The van der Waals surface area contributed by atoms with E-state index in [1.165, 1.54) is 82.1 Å². The standard InChI is InChI=1S/C10H9BrFN3S.C10H10BrN3S.C9H7BrFN3S.C9H6BrFN2OS2.C9H8BrN3S.C9H7BrN2OS2/c1-15(2)10-8(11)14-9(16-10)6-3-7(12)5-13-4-6;1-14(2)10-8(11)13-9(15-10)7-4-3-5-12-6-7;1-12-9-7(10)14-8(15-9)5-2-6(11)4-13-3-5;1-16(14)9-7(10)13-8(15-9)5-2-6(11)4-12-3-5;1-11-9-7(10)13-8(14-9)6-3-2-4-12-5-6;1-15(13)9-7(10)12-8(14-9)6-3-2-4-11-5-6/h3-5H,1-2H3;3-6H,1-2H3;2-4,12H,1H3;2-4H,1H3;2-5,11H,1H3;2-5H,1H3. The third-order valence-electron chi connectivity index (χ3n) is 10.8. The lowest BCUT2D eigenvalue weighted by atomic mass is 10.3. The van der Waals surface area contributed by atoms with Gasteiger partial charge in [-0.05, 0) is 150 Å². The molecule has 12 rings (SSSR count). The van der Waals surface area contributed by atoms with Crippen LogP contribution in [0.15, 0.2) is 165 Å². The van der Waals surface area contributed by atoms with Gasteiger partial charge in [-0.15, -0.1) is 22.7 Å². The summed E-state index contributed by atoms with van der Waals surface area (Å²) in [6.45, 7) is 0. The van der Waals surface area contributed by atoms with Crippen LogP contribution < -0.4 is 20.4 Å². The smallest absolute Gasteiger partial charge is 0.142 e. The van der Waals surface area contributed by atoms with Gasteiger partial charge in [0.2, 0.25) is 0 Å². The van der Waals surface area contributed by atoms with Crippen molar-refractivity contribution in [3.63, 3.8) is 0 Å². The average molecular weight is 1770 g/mol. The monoisotopic (exact) mass is 1760 g/mol. The van der Waals surface area contributed by atoms with Crippen molar-refractivity contribution in [3.8, 4) is 63.4 Å². The minimum atomic E-state index is -1.10. The molecule has 0 amide bonds. The lowest BCUT2D eigenvalue weighted by molar-refractivity contribution is 0.621. The van der Waals surface area contributed by atoms with E-state index in [0.29, 0.717) is 35.1 Å². The highest BCUT2D eigenvalue weighted by atomic mass is 79.9. The molecular formula is C56H47Br6F3N16O2S8. The molecule has 0 bridgehead atoms. The Hall–Kier alpha value is -5.15. The van der Waals surface area contributed by atoms with Crippen molar-refractivity contribution in [2.45, 2.75) is 8.42 Å². The molecule has 0 aliphatic heterocycles. The molecule has 474 valence electrons. The maximum atomic E-state index is 13.0. The number of anilines is 4. The highest BCUT2D eigenvalue weighted by Crippen LogP contribution is 2.40. The fourth-order valence-corrected chi connectivity index (χ4v) is 19.1. The van der Waals surface area contributed by atoms with E-state index in [1.54, 1.807) is 72.4 Å². The Kier molecular flexibility index (Phi) is 28.9. The summed E-state index contributed by atoms with van der Waals surface area (Å²) in [5.41, 5.74) is 5.00. The van der Waals surface area contributed by atoms with Crippen molar-refractivity contribution in [3.05, 3.63) is 174 Å². The number of halogens is 9. The van der Waals surface area contributed by atoms with E-state index in [0.717, 1.165) is 90.6 Å². The van der Waals surface area contributed by atoms with Crippen LogP contribution in [0.25, 0.3) is 63.4 Å². The largest absolute Gasteiger partial charge is 0.378 e. The highest BCUT2D eigenvalue weighted by molar-refractivity contribution is 9.11. The molecule has 0 aliphatic rings. The van der Waals surface area contributed by atoms with E-state index in [2.05, 4.69) is 166 Å². The van der Waals surface area contributed by atoms with Crippen molar-refractivity contribution < 1.29 is 21.6 Å². The Morgan fingerprint density at radius 1 is 0.385 bits per heavy atom. The van der Waals surface area contributed by atoms with Crippen molar-refractivity contribution in [2.75, 3.05) is 75.2 Å². The minimum absolute atomic E-state index is 0.352. The predicted molar refractivity (Wildman–Crippen MR) is 391 cm³/mol. The van der Waals surface area contributed by atoms with E-state index in [1.807, 2.05) is 101 Å². The number of nitrogens with zero attached hydrogens (tertiary/aromatic N) is 14. The van der Waals surface area contributed by atoms with Crippen LogP contribution in [-0.2, 0) is 21.6 Å². The maximum Gasteiger partial charge on any atom is 0.142 e. The van der Waals surface area contributed by atoms with Crippen LogP contribution in [-0.4, -0.2) is 123 Å². The Balaban J connectivity index is 0.000000155. The summed E-state index contributed by atoms with van der Waals surface area (Å²) < 4.78 is 67.4. The van der Waals surface area contributed by atoms with Crippen molar-refractivity contribution in [1.82, 2.24) is 59.8 Å². The number of thiazole rings is 6. The first-order valence-corrected chi connectivity index (χ1v) is 38.2. The van der Waals surface area contributed by atoms with Gasteiger partial charge >= 0.3 is 0 Å². The van der Waals surface area contributed by atoms with Crippen LogP contribution >= 0.6 is 164 Å². The molecule has 12 aromatic heterocycles. The molecule has 12 heterocycles. The first kappa shape index (κ1) is 73.3. The van der Waals surface area contributed by atoms with Gasteiger partial charge in [0.1, 0.15) is 104 Å². The molecule has 2 unspecified atom stereocenters. The zero-order chi connectivity index (χ0) is 65.9. The Bertz CT molecular complexity index is 4360. The van der Waals surface area contributed by atoms with E-state index in [9.17, 15) is 21.6 Å². The number of hydrogen-bond acceptors (Lipinski definition) is 24. The Labute approximate surface area is 601 Å². The summed E-state index contributed by atoms with van der Waals surface area (Å²) in [6.07, 6.45) is 22.0. The van der Waals surface area contributed by atoms with Gasteiger partial charge in [0.25, 0.3) is 0 Å². The van der Waals surface area contributed by atoms with Crippen LogP contribution in [0.1, 0.15) is 0 Å². The summed E-state index contributed by atoms with van der Waals surface area (Å²) in [5, 5.41) is 15.0. The Morgan fingerprint density at radius 3 is 0.923 bits per heavy atom. The lowest BCUT2D eigenvalue weighted by Crippen LogP contribution is -2.06. The summed E-state index contributed by atoms with van der Waals surface area (Å²) in [6, 6.07) is 15.8. The topological polar surface area (TPSA) is 219 Å². The van der Waals surface area contributed by atoms with Crippen molar-refractivity contribution >= 4 is 205 Å². The third kappa shape index (κ3) is 21.4. The molecule has 18 nitrogen and oxygen atoms in total. The zero-order valence-electron chi connectivity index (χ0n) is 48.4. The second kappa shape index (κ2) is 35.9. The molecule has 0 radical (unpaired) electrons. The van der Waals surface area contributed by atoms with Gasteiger partial charge < -0.3 is 20.4 Å². The van der Waals surface area contributed by atoms with Gasteiger partial charge in [0.15, 0.2) is 0 Å². The van der Waals surface area contributed by atoms with E-state index in [4.69, 9.17) is 0 Å². The molecule has 0 saturated heterocycles. The van der Waals surface area contributed by atoms with Gasteiger partial charge in [0.05, 0.1) is 40.2 Å². The summed E-state index contributed by atoms with van der Waals surface area (Å²) in [4.78, 5) is 53.4. The number of nitrogens with one attached hydrogen (secondary N) is 2. The van der Waals surface area contributed by atoms with Gasteiger partial charge in [-0.1, -0.05) is 45.3 Å². The third-order valence-corrected chi connectivity index (χ3v) is 26.2. The van der Waals surface area contributed by atoms with Gasteiger partial charge in [-0.2, -0.15) is 0 Å². The molecule has 0 spiro atoms. The van der Waals surface area contributed by atoms with Gasteiger partial charge in [-0.25, -0.2) is 43.1 Å². The Morgan fingerprint density at radius 2 is 0.659 bits per heavy atom. The van der Waals surface area contributed by atoms with Gasteiger partial charge in [-0.3, -0.25) is 38.3 Å². The number of aromatic nitrogens is 12. The van der Waals surface area contributed by atoms with Crippen LogP contribution in [0.2, 0.25) is 0 Å². The molecule has 0 aliphatic carbocycles. The summed E-state index contributed by atoms with van der Waals surface area (Å²) >= 11 is 28.9. The summed E-state index contributed by atoms with van der Waals surface area (Å²) in [5.74, 6) is -1.12. The second-order valence-electron chi connectivity index (χ2n) is 17.8. The van der Waals surface area contributed by atoms with E-state index < -0.39 is 27.4 Å². The minimum Gasteiger partial charge on any atom is -0.378 e. The number of pyridine rings is 6. The molecule has 35 heteroatoms. The SMILES string of the molecule is CN(C)c1sc(-c2cccnc2)nc1Br.CN(C)c1sc(-c2cncc(F)c2)nc1Br.CNc1sc(-c2cccnc2)nc1Br.CNc1sc(-c2cncc(F)c2)nc1Br.CS(=O)c1sc(-c2cccnc2)nc1Br.CS(=O)c1sc(-c2cncc(F)c2)nc1Br. The molecule has 0 aromatic carbocycles. The molecule has 0 fully saturated rings. The average Bonchev–Trinajstić information content (AvgIpc) is 2.44. The quantitative estimate of drug-likeness (QED) is 0.116. The molecule has 91 heavy (non-hydrogen) atoms. The second-order valence-corrected chi connectivity index (χ2v) is 31.4. The zero-order valence-corrected chi connectivity index (χ0v) is 64.4. The first-order chi connectivity index (χ1) is 43.5. The number of hydrogen-bond donors (Lipinski definition) is 2. The first-order valence-electron chi connectivity index (χ1n) is 25.4. The van der Waals surface area contributed by atoms with Crippen LogP contribution in [0.3, 0.4) is 0 Å². The van der Waals surface area contributed by atoms with Crippen LogP contribution in [0.5, 0.6) is 0 Å². The fourth-order valence-electron chi connectivity index (χ4n) is 6.77. The number of rotatable bonds is 12. The van der Waals surface area contributed by atoms with Crippen LogP contribution in [0.4, 0.5) is 33.2 Å². The predicted octanol–water partition coefficient (Wildman–Crippen LogP) is 17.9. The highest BCUT2D eigenvalue weighted by Gasteiger charge is 2.18. The molecule has 0 saturated carbocycles. The van der Waals surface area contributed by atoms with Gasteiger partial charge in [0, 0.05) is 144 Å². The van der Waals surface area contributed by atoms with Crippen molar-refractivity contribution in [1.29, 1.82) is 0 Å². The molecule has 12 aromatic rings. The van der Waals surface area contributed by atoms with Crippen LogP contribution in [0, 0.1) is 17.5 Å². The normalized spacial score (nSPS) is 11.1. The van der Waals surface area contributed by atoms with Crippen molar-refractivity contribution in [2.24, 2.45) is 0 Å². The molecule has 2 atom stereocenters. The molecule has 2 N–H and O–H groups in total. The van der Waals surface area contributed by atoms with E-state index >= 15 is 0 Å². The lowest BCUT2D eigenvalue weighted by Gasteiger charge is -2.07. The fraction of sp³-hybridized carbons (Fsp3) is 0.143. The summed E-state index contributed by atoms with van der Waals surface area (Å²) in [7, 11) is 9.47. The molecular weight excluding hydrogens is 1720 g/mol.